The van der Waals surface area contributed by atoms with Crippen LogP contribution in [0.15, 0.2) is 21.9 Å². The van der Waals surface area contributed by atoms with Crippen molar-refractivity contribution in [1.29, 1.82) is 0 Å². The standard InChI is InChI=1S/C10H8F12N2S2/c11-9(12,13)3-23-5-1-6(24-4-10(14,15)16)8(26(20,21)22)2-7(5)25(17,18)19/h1-2,23-24H,3-4H2. The lowest BCUT2D eigenvalue weighted by Crippen LogP contribution is -2.23. The second-order valence-electron chi connectivity index (χ2n) is 4.59. The molecular formula is C10H8F12N2S2. The first-order valence-electron chi connectivity index (χ1n) is 6.04. The highest BCUT2D eigenvalue weighted by Crippen LogP contribution is 2.68. The summed E-state index contributed by atoms with van der Waals surface area (Å²) in [5, 5.41) is 2.54. The average molecular weight is 448 g/mol. The van der Waals surface area contributed by atoms with Crippen LogP contribution in [0, 0.1) is 0 Å². The summed E-state index contributed by atoms with van der Waals surface area (Å²) in [6.07, 6.45) is -10.0. The lowest BCUT2D eigenvalue weighted by atomic mass is 10.2. The van der Waals surface area contributed by atoms with Gasteiger partial charge in [0.15, 0.2) is 0 Å². The molecule has 0 saturated carbocycles. The van der Waals surface area contributed by atoms with Gasteiger partial charge in [0.25, 0.3) is 0 Å². The molecule has 0 bridgehead atoms. The molecule has 154 valence electrons. The number of anilines is 2. The summed E-state index contributed by atoms with van der Waals surface area (Å²) in [6.45, 7) is -4.04. The van der Waals surface area contributed by atoms with Crippen molar-refractivity contribution < 1.29 is 49.7 Å². The van der Waals surface area contributed by atoms with Crippen molar-refractivity contribution in [3.63, 3.8) is 0 Å². The number of halogens is 12. The molecule has 1 aromatic carbocycles. The maximum absolute atomic E-state index is 12.9. The highest BCUT2D eigenvalue weighted by molar-refractivity contribution is 8.21. The van der Waals surface area contributed by atoms with E-state index in [9.17, 15) is 49.7 Å². The van der Waals surface area contributed by atoms with Crippen LogP contribution in [0.3, 0.4) is 0 Å². The first-order valence-corrected chi connectivity index (χ1v) is 8.71. The quantitative estimate of drug-likeness (QED) is 0.448. The van der Waals surface area contributed by atoms with Crippen LogP contribution >= 0.6 is 22.4 Å². The van der Waals surface area contributed by atoms with Crippen LogP contribution < -0.4 is 10.6 Å². The Balaban J connectivity index is 3.46. The molecule has 0 aliphatic carbocycles. The molecule has 0 aliphatic rings. The Morgan fingerprint density at radius 3 is 1.15 bits per heavy atom. The lowest BCUT2D eigenvalue weighted by molar-refractivity contribution is -0.115. The average Bonchev–Trinajstić information content (AvgIpc) is 2.38. The molecule has 16 heteroatoms. The molecule has 0 unspecified atom stereocenters. The Bertz CT molecular complexity index is 580. The molecule has 26 heavy (non-hydrogen) atoms. The Kier molecular flexibility index (Phi) is 6.43. The van der Waals surface area contributed by atoms with Gasteiger partial charge >= 0.3 is 12.4 Å². The van der Waals surface area contributed by atoms with Crippen molar-refractivity contribution in [2.45, 2.75) is 22.1 Å². The minimum Gasteiger partial charge on any atom is -0.375 e. The van der Waals surface area contributed by atoms with Crippen LogP contribution in [0.4, 0.5) is 61.0 Å². The van der Waals surface area contributed by atoms with Gasteiger partial charge in [0, 0.05) is 0 Å². The van der Waals surface area contributed by atoms with Gasteiger partial charge in [-0.1, -0.05) is 0 Å². The van der Waals surface area contributed by atoms with Crippen molar-refractivity contribution in [3.05, 3.63) is 12.1 Å². The summed E-state index contributed by atoms with van der Waals surface area (Å²) in [5.74, 6) is 0. The van der Waals surface area contributed by atoms with E-state index in [1.807, 2.05) is 0 Å². The number of rotatable bonds is 6. The minimum atomic E-state index is -6.41. The van der Waals surface area contributed by atoms with Gasteiger partial charge in [-0.3, -0.25) is 0 Å². The van der Waals surface area contributed by atoms with E-state index in [4.69, 9.17) is 0 Å². The largest absolute Gasteiger partial charge is 0.405 e. The molecule has 0 aliphatic heterocycles. The summed E-state index contributed by atoms with van der Waals surface area (Å²) in [4.78, 5) is -4.00. The predicted octanol–water partition coefficient (Wildman–Crippen LogP) is 7.27. The first kappa shape index (κ1) is 22.7. The zero-order valence-electron chi connectivity index (χ0n) is 11.9. The van der Waals surface area contributed by atoms with Gasteiger partial charge in [0.05, 0.1) is 11.4 Å². The molecule has 1 rings (SSSR count). The number of hydrogen-bond acceptors (Lipinski definition) is 2. The number of hydrogen-bond donors (Lipinski definition) is 2. The zero-order chi connectivity index (χ0) is 20.6. The third kappa shape index (κ3) is 7.13. The van der Waals surface area contributed by atoms with Crippen molar-refractivity contribution in [2.24, 2.45) is 0 Å². The molecule has 0 amide bonds. The maximum Gasteiger partial charge on any atom is 0.405 e. The molecule has 0 spiro atoms. The fourth-order valence-electron chi connectivity index (χ4n) is 1.61. The number of alkyl halides is 6. The Morgan fingerprint density at radius 2 is 0.923 bits per heavy atom. The van der Waals surface area contributed by atoms with E-state index in [1.165, 1.54) is 10.6 Å². The molecule has 0 aromatic heterocycles. The van der Waals surface area contributed by atoms with Crippen LogP contribution in [-0.2, 0) is 0 Å². The highest BCUT2D eigenvalue weighted by atomic mass is 32.3. The van der Waals surface area contributed by atoms with Crippen LogP contribution in [-0.4, -0.2) is 25.4 Å². The summed E-state index contributed by atoms with van der Waals surface area (Å²) in [5.41, 5.74) is -2.80. The topological polar surface area (TPSA) is 24.1 Å². The fourth-order valence-corrected chi connectivity index (χ4v) is 2.95. The predicted molar refractivity (Wildman–Crippen MR) is 73.9 cm³/mol. The first-order chi connectivity index (χ1) is 11.4. The van der Waals surface area contributed by atoms with Crippen molar-refractivity contribution >= 4 is 33.7 Å². The van der Waals surface area contributed by atoms with Gasteiger partial charge in [-0.25, -0.2) is 0 Å². The van der Waals surface area contributed by atoms with Crippen molar-refractivity contribution in [2.75, 3.05) is 23.7 Å². The van der Waals surface area contributed by atoms with Gasteiger partial charge in [0.2, 0.25) is 22.4 Å². The molecule has 2 nitrogen and oxygen atoms in total. The Labute approximate surface area is 142 Å². The van der Waals surface area contributed by atoms with Crippen molar-refractivity contribution in [3.8, 4) is 0 Å². The van der Waals surface area contributed by atoms with Crippen LogP contribution in [0.1, 0.15) is 0 Å². The normalized spacial score (nSPS) is 14.9. The fraction of sp³-hybridized carbons (Fsp3) is 0.400. The molecule has 0 heterocycles. The van der Waals surface area contributed by atoms with Crippen LogP contribution in [0.2, 0.25) is 0 Å². The minimum absolute atomic E-state index is 0.0525. The summed E-state index contributed by atoms with van der Waals surface area (Å²) in [6, 6.07) is -0.536. The molecule has 0 radical (unpaired) electrons. The van der Waals surface area contributed by atoms with E-state index >= 15 is 0 Å². The maximum atomic E-state index is 12.9. The number of nitrogens with one attached hydrogen (secondary N) is 2. The van der Waals surface area contributed by atoms with Crippen LogP contribution in [0.25, 0.3) is 0 Å². The smallest absolute Gasteiger partial charge is 0.375 e. The van der Waals surface area contributed by atoms with E-state index in [2.05, 4.69) is 0 Å². The van der Waals surface area contributed by atoms with E-state index in [1.54, 1.807) is 0 Å². The lowest BCUT2D eigenvalue weighted by Gasteiger charge is -2.23. The molecular weight excluding hydrogens is 440 g/mol. The summed E-state index contributed by atoms with van der Waals surface area (Å²) >= 11 is -12.8. The van der Waals surface area contributed by atoms with Crippen molar-refractivity contribution in [1.82, 2.24) is 0 Å². The Morgan fingerprint density at radius 1 is 0.615 bits per heavy atom. The Hall–Kier alpha value is -1.32. The van der Waals surface area contributed by atoms with Gasteiger partial charge in [-0.05, 0) is 12.1 Å². The summed E-state index contributed by atoms with van der Waals surface area (Å²) < 4.78 is 151. The van der Waals surface area contributed by atoms with E-state index in [0.717, 1.165) is 0 Å². The second kappa shape index (κ2) is 7.36. The van der Waals surface area contributed by atoms with Gasteiger partial charge in [0.1, 0.15) is 22.9 Å². The molecule has 0 saturated heterocycles. The monoisotopic (exact) mass is 448 g/mol. The van der Waals surface area contributed by atoms with E-state index < -0.39 is 75.0 Å². The third-order valence-electron chi connectivity index (χ3n) is 2.54. The zero-order valence-corrected chi connectivity index (χ0v) is 13.6. The third-order valence-corrected chi connectivity index (χ3v) is 4.21. The molecule has 0 fully saturated rings. The van der Waals surface area contributed by atoms with E-state index in [0.29, 0.717) is 0 Å². The molecule has 2 N–H and O–H groups in total. The van der Waals surface area contributed by atoms with E-state index in [-0.39, 0.29) is 6.07 Å². The summed E-state index contributed by atoms with van der Waals surface area (Å²) in [7, 11) is 0. The van der Waals surface area contributed by atoms with Crippen LogP contribution in [0.5, 0.6) is 0 Å². The highest BCUT2D eigenvalue weighted by Gasteiger charge is 2.37. The van der Waals surface area contributed by atoms with Gasteiger partial charge in [-0.15, -0.1) is 23.3 Å². The number of benzene rings is 1. The van der Waals surface area contributed by atoms with Gasteiger partial charge < -0.3 is 10.6 Å². The van der Waals surface area contributed by atoms with Gasteiger partial charge in [-0.2, -0.15) is 26.3 Å². The molecule has 0 atom stereocenters. The second-order valence-corrected chi connectivity index (χ2v) is 7.10. The SMILES string of the molecule is FC(F)(F)CNc1cc(NCC(F)(F)F)c(S(F)(F)F)cc1S(F)(F)F. The molecule has 1 aromatic rings.